The average molecular weight is 207 g/mol. The van der Waals surface area contributed by atoms with E-state index >= 15 is 0 Å². The topological polar surface area (TPSA) is 39.2 Å². The summed E-state index contributed by atoms with van der Waals surface area (Å²) in [6.45, 7) is 4.75. The van der Waals surface area contributed by atoms with Crippen LogP contribution in [-0.2, 0) is 6.54 Å². The Bertz CT molecular complexity index is 268. The van der Waals surface area contributed by atoms with Crippen molar-refractivity contribution in [2.75, 3.05) is 0 Å². The van der Waals surface area contributed by atoms with E-state index in [1.165, 1.54) is 24.8 Å². The summed E-state index contributed by atoms with van der Waals surface area (Å²) in [5.74, 6) is 1.40. The molecule has 1 saturated carbocycles. The molecule has 15 heavy (non-hydrogen) atoms. The first kappa shape index (κ1) is 13.8. The number of terminal acetylenes is 1. The van der Waals surface area contributed by atoms with E-state index in [0.717, 1.165) is 5.76 Å². The Morgan fingerprint density at radius 1 is 1.33 bits per heavy atom. The second-order valence-electron chi connectivity index (χ2n) is 3.77. The minimum atomic E-state index is 0.493. The largest absolute Gasteiger partial charge is 0.468 e. The maximum absolute atomic E-state index is 5.37. The van der Waals surface area contributed by atoms with Crippen LogP contribution in [0.1, 0.15) is 50.4 Å². The van der Waals surface area contributed by atoms with Gasteiger partial charge in [-0.1, -0.05) is 33.1 Å². The molecule has 2 rings (SSSR count). The lowest BCUT2D eigenvalue weighted by molar-refractivity contribution is 0.509. The van der Waals surface area contributed by atoms with Gasteiger partial charge in [-0.05, 0) is 17.5 Å². The third-order valence-electron chi connectivity index (χ3n) is 1.90. The first-order chi connectivity index (χ1) is 7.24. The quantitative estimate of drug-likeness (QED) is 0.756. The molecule has 0 unspecified atom stereocenters. The summed E-state index contributed by atoms with van der Waals surface area (Å²) in [5.41, 5.74) is 6.59. The van der Waals surface area contributed by atoms with Gasteiger partial charge in [0.15, 0.2) is 0 Å². The van der Waals surface area contributed by atoms with Crippen molar-refractivity contribution in [2.24, 2.45) is 5.73 Å². The van der Waals surface area contributed by atoms with Gasteiger partial charge in [0.05, 0.1) is 12.8 Å². The fraction of sp³-hybridized carbons (Fsp3) is 0.538. The van der Waals surface area contributed by atoms with Crippen LogP contribution in [0.4, 0.5) is 0 Å². The van der Waals surface area contributed by atoms with Crippen molar-refractivity contribution in [3.63, 3.8) is 0 Å². The SMILES string of the molecule is C#C.C1CC1.CC(C)c1coc(CN)c1. The van der Waals surface area contributed by atoms with Gasteiger partial charge in [0.2, 0.25) is 0 Å². The van der Waals surface area contributed by atoms with Crippen molar-refractivity contribution in [3.8, 4) is 12.8 Å². The summed E-state index contributed by atoms with van der Waals surface area (Å²) >= 11 is 0. The number of furan rings is 1. The molecule has 2 heteroatoms. The van der Waals surface area contributed by atoms with Gasteiger partial charge < -0.3 is 10.2 Å². The Hall–Kier alpha value is -1.20. The lowest BCUT2D eigenvalue weighted by Crippen LogP contribution is -1.93. The second-order valence-corrected chi connectivity index (χ2v) is 3.77. The molecule has 1 aliphatic rings. The van der Waals surface area contributed by atoms with E-state index in [2.05, 4.69) is 26.7 Å². The fourth-order valence-corrected chi connectivity index (χ4v) is 0.807. The zero-order chi connectivity index (χ0) is 11.7. The van der Waals surface area contributed by atoms with Gasteiger partial charge in [0.25, 0.3) is 0 Å². The normalized spacial score (nSPS) is 12.1. The fourth-order valence-electron chi connectivity index (χ4n) is 0.807. The number of hydrogen-bond acceptors (Lipinski definition) is 2. The highest BCUT2D eigenvalue weighted by atomic mass is 16.3. The molecule has 1 aromatic rings. The van der Waals surface area contributed by atoms with Gasteiger partial charge in [0.1, 0.15) is 5.76 Å². The third kappa shape index (κ3) is 6.82. The molecule has 1 aromatic heterocycles. The van der Waals surface area contributed by atoms with E-state index in [4.69, 9.17) is 10.2 Å². The Labute approximate surface area is 92.9 Å². The number of hydrogen-bond donors (Lipinski definition) is 1. The summed E-state index contributed by atoms with van der Waals surface area (Å²) in [6, 6.07) is 2.00. The second kappa shape index (κ2) is 8.14. The van der Waals surface area contributed by atoms with Gasteiger partial charge in [-0.15, -0.1) is 12.8 Å². The monoisotopic (exact) mass is 207 g/mol. The Kier molecular flexibility index (Phi) is 7.49. The van der Waals surface area contributed by atoms with Crippen molar-refractivity contribution in [3.05, 3.63) is 23.7 Å². The van der Waals surface area contributed by atoms with Crippen LogP contribution >= 0.6 is 0 Å². The molecule has 0 atom stereocenters. The summed E-state index contributed by atoms with van der Waals surface area (Å²) < 4.78 is 5.15. The molecule has 0 aliphatic heterocycles. The predicted molar refractivity (Wildman–Crippen MR) is 64.4 cm³/mol. The van der Waals surface area contributed by atoms with E-state index in [0.29, 0.717) is 12.5 Å². The van der Waals surface area contributed by atoms with Crippen molar-refractivity contribution in [1.29, 1.82) is 0 Å². The molecular weight excluding hydrogens is 186 g/mol. The number of rotatable bonds is 2. The highest BCUT2D eigenvalue weighted by Crippen LogP contribution is 2.16. The third-order valence-corrected chi connectivity index (χ3v) is 1.90. The smallest absolute Gasteiger partial charge is 0.117 e. The Balaban J connectivity index is 0.000000326. The molecule has 2 nitrogen and oxygen atoms in total. The summed E-state index contributed by atoms with van der Waals surface area (Å²) in [4.78, 5) is 0. The van der Waals surface area contributed by atoms with Crippen LogP contribution in [0.2, 0.25) is 0 Å². The maximum atomic E-state index is 5.37. The molecule has 0 bridgehead atoms. The lowest BCUT2D eigenvalue weighted by atomic mass is 10.1. The molecule has 1 fully saturated rings. The van der Waals surface area contributed by atoms with Crippen molar-refractivity contribution in [2.45, 2.75) is 45.6 Å². The van der Waals surface area contributed by atoms with E-state index in [9.17, 15) is 0 Å². The number of nitrogens with two attached hydrogens (primary N) is 1. The van der Waals surface area contributed by atoms with E-state index < -0.39 is 0 Å². The highest BCUT2D eigenvalue weighted by molar-refractivity contribution is 5.15. The Morgan fingerprint density at radius 2 is 1.87 bits per heavy atom. The first-order valence-electron chi connectivity index (χ1n) is 5.34. The molecular formula is C13H21NO. The van der Waals surface area contributed by atoms with Gasteiger partial charge in [-0.25, -0.2) is 0 Å². The molecule has 0 aromatic carbocycles. The first-order valence-corrected chi connectivity index (χ1v) is 5.34. The molecule has 1 heterocycles. The van der Waals surface area contributed by atoms with Crippen LogP contribution < -0.4 is 5.73 Å². The van der Waals surface area contributed by atoms with E-state index in [1.54, 1.807) is 6.26 Å². The van der Waals surface area contributed by atoms with Gasteiger partial charge in [-0.3, -0.25) is 0 Å². The zero-order valence-electron chi connectivity index (χ0n) is 9.70. The van der Waals surface area contributed by atoms with Crippen LogP contribution in [0, 0.1) is 12.8 Å². The lowest BCUT2D eigenvalue weighted by Gasteiger charge is -1.95. The maximum Gasteiger partial charge on any atom is 0.117 e. The van der Waals surface area contributed by atoms with E-state index in [-0.39, 0.29) is 0 Å². The van der Waals surface area contributed by atoms with Crippen LogP contribution in [0.25, 0.3) is 0 Å². The molecule has 0 spiro atoms. The van der Waals surface area contributed by atoms with Crippen molar-refractivity contribution >= 4 is 0 Å². The van der Waals surface area contributed by atoms with Crippen molar-refractivity contribution < 1.29 is 4.42 Å². The summed E-state index contributed by atoms with van der Waals surface area (Å²) in [7, 11) is 0. The highest BCUT2D eigenvalue weighted by Gasteiger charge is 2.02. The van der Waals surface area contributed by atoms with Crippen LogP contribution in [0.15, 0.2) is 16.7 Å². The van der Waals surface area contributed by atoms with Crippen LogP contribution in [0.5, 0.6) is 0 Å². The summed E-state index contributed by atoms with van der Waals surface area (Å²) in [6.07, 6.45) is 14.3. The zero-order valence-corrected chi connectivity index (χ0v) is 9.70. The molecule has 0 radical (unpaired) electrons. The minimum absolute atomic E-state index is 0.493. The average Bonchev–Trinajstić information content (AvgIpc) is 3.06. The standard InChI is InChI=1S/C8H13NO.C3H6.C2H2/c1-6(2)7-3-8(4-9)10-5-7;1-2-3-1;1-2/h3,5-6H,4,9H2,1-2H3;1-3H2;1-2H. The molecule has 1 aliphatic carbocycles. The van der Waals surface area contributed by atoms with Gasteiger partial charge >= 0.3 is 0 Å². The van der Waals surface area contributed by atoms with Crippen LogP contribution in [0.3, 0.4) is 0 Å². The molecule has 84 valence electrons. The molecule has 0 saturated heterocycles. The van der Waals surface area contributed by atoms with E-state index in [1.807, 2.05) is 6.07 Å². The molecule has 0 amide bonds. The predicted octanol–water partition coefficient (Wildman–Crippen LogP) is 3.28. The Morgan fingerprint density at radius 3 is 2.07 bits per heavy atom. The van der Waals surface area contributed by atoms with Gasteiger partial charge in [-0.2, -0.15) is 0 Å². The van der Waals surface area contributed by atoms with Crippen LogP contribution in [-0.4, -0.2) is 0 Å². The molecule has 2 N–H and O–H groups in total. The minimum Gasteiger partial charge on any atom is -0.468 e. The summed E-state index contributed by atoms with van der Waals surface area (Å²) in [5, 5.41) is 0. The van der Waals surface area contributed by atoms with Gasteiger partial charge in [0, 0.05) is 0 Å². The van der Waals surface area contributed by atoms with Crippen molar-refractivity contribution in [1.82, 2.24) is 0 Å².